The van der Waals surface area contributed by atoms with Crippen LogP contribution in [0.1, 0.15) is 12.0 Å². The van der Waals surface area contributed by atoms with Crippen molar-refractivity contribution in [3.8, 4) is 0 Å². The minimum Gasteiger partial charge on any atom is -0.481 e. The molecule has 1 aromatic carbocycles. The van der Waals surface area contributed by atoms with Crippen molar-refractivity contribution < 1.29 is 19.2 Å². The van der Waals surface area contributed by atoms with E-state index in [2.05, 4.69) is 4.39 Å². The van der Waals surface area contributed by atoms with Gasteiger partial charge < -0.3 is 5.11 Å². The number of carboxylic acids is 1. The van der Waals surface area contributed by atoms with Crippen molar-refractivity contribution in [3.05, 3.63) is 34.7 Å². The molecule has 0 atom stereocenters. The standard InChI is InChI=1S/C9H8ClNO4/c10-15-11(14)8-4-1-7(2-5-8)3-6-9(12)13/h1-2,4-5H,3,6H2/p+1. The van der Waals surface area contributed by atoms with Crippen molar-refractivity contribution in [3.63, 3.8) is 0 Å². The van der Waals surface area contributed by atoms with E-state index < -0.39 is 5.97 Å². The first-order chi connectivity index (χ1) is 7.13. The fraction of sp³-hybridized carbons (Fsp3) is 0.222. The van der Waals surface area contributed by atoms with E-state index in [0.29, 0.717) is 6.42 Å². The lowest BCUT2D eigenvalue weighted by molar-refractivity contribution is -0.700. The van der Waals surface area contributed by atoms with Crippen molar-refractivity contribution in [2.75, 3.05) is 0 Å². The molecule has 5 nitrogen and oxygen atoms in total. The monoisotopic (exact) mass is 230 g/mol. The SMILES string of the molecule is O=C(O)CCc1ccc([N+](=O)OCl)cc1. The Morgan fingerprint density at radius 3 is 2.47 bits per heavy atom. The lowest BCUT2D eigenvalue weighted by Crippen LogP contribution is -1.98. The second-order valence-electron chi connectivity index (χ2n) is 2.89. The largest absolute Gasteiger partial charge is 0.481 e. The summed E-state index contributed by atoms with van der Waals surface area (Å²) in [6.45, 7) is 0. The Kier molecular flexibility index (Phi) is 4.05. The van der Waals surface area contributed by atoms with E-state index in [4.69, 9.17) is 17.0 Å². The molecule has 0 aromatic heterocycles. The highest BCUT2D eigenvalue weighted by atomic mass is 35.5. The van der Waals surface area contributed by atoms with Crippen LogP contribution in [0.15, 0.2) is 24.3 Å². The molecule has 1 aromatic rings. The molecule has 80 valence electrons. The van der Waals surface area contributed by atoms with E-state index in [9.17, 15) is 9.70 Å². The quantitative estimate of drug-likeness (QED) is 0.788. The lowest BCUT2D eigenvalue weighted by Gasteiger charge is -1.96. The van der Waals surface area contributed by atoms with Gasteiger partial charge in [0.05, 0.1) is 4.91 Å². The van der Waals surface area contributed by atoms with Crippen molar-refractivity contribution in [1.82, 2.24) is 0 Å². The van der Waals surface area contributed by atoms with Gasteiger partial charge in [-0.2, -0.15) is 0 Å². The van der Waals surface area contributed by atoms with Crippen LogP contribution in [0.4, 0.5) is 5.69 Å². The molecular formula is C9H9ClNO4+. The predicted octanol–water partition coefficient (Wildman–Crippen LogP) is 2.20. The fourth-order valence-corrected chi connectivity index (χ4v) is 1.16. The molecule has 0 radical (unpaired) electrons. The van der Waals surface area contributed by atoms with Gasteiger partial charge in [-0.25, -0.2) is 0 Å². The summed E-state index contributed by atoms with van der Waals surface area (Å²) < 4.78 is 3.93. The highest BCUT2D eigenvalue weighted by Gasteiger charge is 2.14. The number of halogens is 1. The normalized spacial score (nSPS) is 9.67. The van der Waals surface area contributed by atoms with E-state index in [0.717, 1.165) is 5.56 Å². The van der Waals surface area contributed by atoms with Crippen LogP contribution in [0.5, 0.6) is 0 Å². The number of hydrogen-bond acceptors (Lipinski definition) is 3. The number of benzene rings is 1. The average molecular weight is 231 g/mol. The van der Waals surface area contributed by atoms with Crippen LogP contribution in [0.25, 0.3) is 0 Å². The molecule has 0 aliphatic rings. The number of nitrogens with zero attached hydrogens (tertiary/aromatic N) is 1. The highest BCUT2D eigenvalue weighted by molar-refractivity contribution is 6.06. The topological polar surface area (TPSA) is 66.6 Å². The van der Waals surface area contributed by atoms with Gasteiger partial charge >= 0.3 is 11.7 Å². The predicted molar refractivity (Wildman–Crippen MR) is 52.6 cm³/mol. The van der Waals surface area contributed by atoms with Gasteiger partial charge in [-0.15, -0.1) is 0 Å². The number of carbonyl (C=O) groups is 1. The van der Waals surface area contributed by atoms with E-state index in [1.54, 1.807) is 12.1 Å². The van der Waals surface area contributed by atoms with Crippen molar-refractivity contribution in [1.29, 1.82) is 0 Å². The number of rotatable bonds is 5. The molecule has 0 saturated carbocycles. The molecule has 0 aliphatic carbocycles. The van der Waals surface area contributed by atoms with Crippen LogP contribution < -0.4 is 0 Å². The van der Waals surface area contributed by atoms with Gasteiger partial charge in [0.1, 0.15) is 0 Å². The third kappa shape index (κ3) is 3.55. The van der Waals surface area contributed by atoms with Crippen LogP contribution in [0.3, 0.4) is 0 Å². The average Bonchev–Trinajstić information content (AvgIpc) is 2.26. The van der Waals surface area contributed by atoms with Gasteiger partial charge in [0, 0.05) is 18.6 Å². The van der Waals surface area contributed by atoms with Gasteiger partial charge in [-0.3, -0.25) is 4.79 Å². The van der Waals surface area contributed by atoms with Crippen molar-refractivity contribution >= 4 is 23.5 Å². The summed E-state index contributed by atoms with van der Waals surface area (Å²) in [6, 6.07) is 6.32. The van der Waals surface area contributed by atoms with Crippen LogP contribution in [-0.4, -0.2) is 16.0 Å². The third-order valence-electron chi connectivity index (χ3n) is 1.84. The second-order valence-corrected chi connectivity index (χ2v) is 3.02. The Morgan fingerprint density at radius 1 is 1.40 bits per heavy atom. The zero-order chi connectivity index (χ0) is 11.3. The van der Waals surface area contributed by atoms with E-state index >= 15 is 0 Å². The Bertz CT molecular complexity index is 363. The Hall–Kier alpha value is -1.62. The van der Waals surface area contributed by atoms with Crippen LogP contribution in [0, 0.1) is 4.91 Å². The Morgan fingerprint density at radius 2 is 2.00 bits per heavy atom. The summed E-state index contributed by atoms with van der Waals surface area (Å²) in [5.41, 5.74) is 1.09. The summed E-state index contributed by atoms with van der Waals surface area (Å²) >= 11 is 4.86. The molecule has 6 heteroatoms. The van der Waals surface area contributed by atoms with Gasteiger partial charge in [-0.1, -0.05) is 16.5 Å². The molecule has 0 spiro atoms. The number of aryl methyl sites for hydroxylation is 1. The second kappa shape index (κ2) is 5.31. The minimum atomic E-state index is -0.853. The Balaban J connectivity index is 2.64. The summed E-state index contributed by atoms with van der Waals surface area (Å²) in [4.78, 5) is 21.3. The smallest absolute Gasteiger partial charge is 0.318 e. The molecule has 0 saturated heterocycles. The summed E-state index contributed by atoms with van der Waals surface area (Å²) in [5.74, 6) is -0.853. The molecule has 15 heavy (non-hydrogen) atoms. The zero-order valence-corrected chi connectivity index (χ0v) is 8.48. The lowest BCUT2D eigenvalue weighted by atomic mass is 10.1. The summed E-state index contributed by atoms with van der Waals surface area (Å²) in [7, 11) is 0. The third-order valence-corrected chi connectivity index (χ3v) is 1.96. The maximum atomic E-state index is 10.9. The summed E-state index contributed by atoms with van der Waals surface area (Å²) in [6.07, 6.45) is 0.489. The molecule has 0 fully saturated rings. The highest BCUT2D eigenvalue weighted by Crippen LogP contribution is 2.14. The number of hydrogen-bond donors (Lipinski definition) is 1. The first-order valence-electron chi connectivity index (χ1n) is 4.20. The molecule has 0 bridgehead atoms. The minimum absolute atomic E-state index is 0.0619. The van der Waals surface area contributed by atoms with Gasteiger partial charge in [0.2, 0.25) is 11.9 Å². The molecule has 0 unspecified atom stereocenters. The molecule has 0 aliphatic heterocycles. The summed E-state index contributed by atoms with van der Waals surface area (Å²) in [5, 5.41) is 8.46. The Labute approximate surface area is 90.9 Å². The van der Waals surface area contributed by atoms with E-state index in [1.807, 2.05) is 0 Å². The zero-order valence-electron chi connectivity index (χ0n) is 7.72. The van der Waals surface area contributed by atoms with Gasteiger partial charge in [-0.05, 0) is 12.0 Å². The fourth-order valence-electron chi connectivity index (χ4n) is 1.08. The number of carboxylic acid groups (broad SMARTS) is 1. The molecule has 1 N–H and O–H groups in total. The number of aliphatic carboxylic acids is 1. The van der Waals surface area contributed by atoms with E-state index in [1.165, 1.54) is 12.1 Å². The molecular weight excluding hydrogens is 222 g/mol. The first kappa shape index (κ1) is 11.5. The van der Waals surface area contributed by atoms with Crippen molar-refractivity contribution in [2.24, 2.45) is 0 Å². The van der Waals surface area contributed by atoms with Gasteiger partial charge in [0.15, 0.2) is 0 Å². The van der Waals surface area contributed by atoms with Crippen molar-refractivity contribution in [2.45, 2.75) is 12.8 Å². The molecule has 1 rings (SSSR count). The van der Waals surface area contributed by atoms with Gasteiger partial charge in [0.25, 0.3) is 4.92 Å². The maximum absolute atomic E-state index is 10.9. The van der Waals surface area contributed by atoms with Crippen LogP contribution >= 0.6 is 11.9 Å². The first-order valence-corrected chi connectivity index (χ1v) is 4.51. The van der Waals surface area contributed by atoms with Crippen LogP contribution in [0.2, 0.25) is 0 Å². The molecule has 0 heterocycles. The van der Waals surface area contributed by atoms with E-state index in [-0.39, 0.29) is 17.0 Å². The molecule has 0 amide bonds. The maximum Gasteiger partial charge on any atom is 0.318 e. The van der Waals surface area contributed by atoms with Crippen LogP contribution in [-0.2, 0) is 15.6 Å².